The Balaban J connectivity index is 2.21. The molecule has 0 unspecified atom stereocenters. The van der Waals surface area contributed by atoms with Gasteiger partial charge in [0.15, 0.2) is 5.78 Å². The van der Waals surface area contributed by atoms with Gasteiger partial charge in [0.2, 0.25) is 0 Å². The van der Waals surface area contributed by atoms with Crippen LogP contribution in [0.2, 0.25) is 0 Å². The molecule has 1 heterocycles. The molecule has 0 aliphatic carbocycles. The van der Waals surface area contributed by atoms with Crippen molar-refractivity contribution in [3.05, 3.63) is 54.0 Å². The number of hydrogen-bond donors (Lipinski definition) is 0. The van der Waals surface area contributed by atoms with E-state index in [4.69, 9.17) is 0 Å². The van der Waals surface area contributed by atoms with Crippen molar-refractivity contribution >= 4 is 17.5 Å². The van der Waals surface area contributed by atoms with E-state index in [0.717, 1.165) is 9.92 Å². The maximum absolute atomic E-state index is 12.7. The third-order valence-corrected chi connectivity index (χ3v) is 3.12. The van der Waals surface area contributed by atoms with Crippen LogP contribution in [0.25, 0.3) is 0 Å². The molecule has 0 bridgehead atoms. The standard InChI is InChI=1S/C13H10FNOS/c1-9(16)10-6-7-15-13(8-10)17-12-4-2-11(14)3-5-12/h2-8H,1H3. The molecule has 4 heteroatoms. The lowest BCUT2D eigenvalue weighted by Gasteiger charge is -2.02. The molecule has 0 saturated carbocycles. The molecule has 0 amide bonds. The van der Waals surface area contributed by atoms with Gasteiger partial charge in [0.05, 0.1) is 0 Å². The molecule has 86 valence electrons. The van der Waals surface area contributed by atoms with Gasteiger partial charge in [0.1, 0.15) is 10.8 Å². The number of nitrogens with zero attached hydrogens (tertiary/aromatic N) is 1. The molecule has 2 rings (SSSR count). The predicted molar refractivity (Wildman–Crippen MR) is 64.8 cm³/mol. The summed E-state index contributed by atoms with van der Waals surface area (Å²) >= 11 is 1.40. The summed E-state index contributed by atoms with van der Waals surface area (Å²) in [6, 6.07) is 9.58. The minimum Gasteiger partial charge on any atom is -0.295 e. The molecule has 1 aromatic heterocycles. The van der Waals surface area contributed by atoms with Crippen molar-refractivity contribution in [2.75, 3.05) is 0 Å². The highest BCUT2D eigenvalue weighted by molar-refractivity contribution is 7.99. The van der Waals surface area contributed by atoms with Gasteiger partial charge in [-0.05, 0) is 43.3 Å². The number of carbonyl (C=O) groups is 1. The number of ketones is 1. The zero-order chi connectivity index (χ0) is 12.3. The highest BCUT2D eigenvalue weighted by Gasteiger charge is 2.03. The van der Waals surface area contributed by atoms with Crippen LogP contribution in [0.4, 0.5) is 4.39 Å². The minimum atomic E-state index is -0.264. The normalized spacial score (nSPS) is 10.2. The summed E-state index contributed by atoms with van der Waals surface area (Å²) < 4.78 is 12.7. The summed E-state index contributed by atoms with van der Waals surface area (Å²) in [7, 11) is 0. The Morgan fingerprint density at radius 2 is 1.94 bits per heavy atom. The van der Waals surface area contributed by atoms with E-state index in [1.54, 1.807) is 30.5 Å². The summed E-state index contributed by atoms with van der Waals surface area (Å²) in [5.74, 6) is -0.256. The molecule has 0 atom stereocenters. The summed E-state index contributed by atoms with van der Waals surface area (Å²) in [5, 5.41) is 0.726. The molecule has 0 radical (unpaired) electrons. The number of rotatable bonds is 3. The monoisotopic (exact) mass is 247 g/mol. The molecule has 0 N–H and O–H groups in total. The Bertz CT molecular complexity index is 539. The van der Waals surface area contributed by atoms with E-state index >= 15 is 0 Å². The number of aromatic nitrogens is 1. The molecule has 1 aromatic carbocycles. The molecule has 2 aromatic rings. The number of carbonyl (C=O) groups excluding carboxylic acids is 1. The Hall–Kier alpha value is -1.68. The van der Waals surface area contributed by atoms with Crippen LogP contribution in [-0.2, 0) is 0 Å². The number of pyridine rings is 1. The van der Waals surface area contributed by atoms with E-state index in [-0.39, 0.29) is 11.6 Å². The number of halogens is 1. The molecule has 0 aliphatic heterocycles. The van der Waals surface area contributed by atoms with Gasteiger partial charge in [0, 0.05) is 16.7 Å². The minimum absolute atomic E-state index is 0.00774. The summed E-state index contributed by atoms with van der Waals surface area (Å²) in [6.45, 7) is 1.52. The van der Waals surface area contributed by atoms with E-state index < -0.39 is 0 Å². The van der Waals surface area contributed by atoms with Gasteiger partial charge < -0.3 is 0 Å². The summed E-state index contributed by atoms with van der Waals surface area (Å²) in [4.78, 5) is 16.3. The number of benzene rings is 1. The lowest BCUT2D eigenvalue weighted by atomic mass is 10.2. The van der Waals surface area contributed by atoms with E-state index in [0.29, 0.717) is 5.56 Å². The van der Waals surface area contributed by atoms with Crippen LogP contribution in [0.15, 0.2) is 52.5 Å². The molecule has 0 aliphatic rings. The molecular weight excluding hydrogens is 237 g/mol. The molecule has 17 heavy (non-hydrogen) atoms. The fourth-order valence-corrected chi connectivity index (χ4v) is 2.12. The van der Waals surface area contributed by atoms with Crippen molar-refractivity contribution < 1.29 is 9.18 Å². The Morgan fingerprint density at radius 3 is 2.59 bits per heavy atom. The van der Waals surface area contributed by atoms with Gasteiger partial charge >= 0.3 is 0 Å². The van der Waals surface area contributed by atoms with Crippen molar-refractivity contribution in [2.24, 2.45) is 0 Å². The van der Waals surface area contributed by atoms with E-state index in [2.05, 4.69) is 4.98 Å². The molecule has 0 saturated heterocycles. The van der Waals surface area contributed by atoms with E-state index in [1.165, 1.54) is 30.8 Å². The molecule has 2 nitrogen and oxygen atoms in total. The van der Waals surface area contributed by atoms with Crippen molar-refractivity contribution in [1.29, 1.82) is 0 Å². The van der Waals surface area contributed by atoms with Crippen molar-refractivity contribution in [3.8, 4) is 0 Å². The summed E-state index contributed by atoms with van der Waals surface area (Å²) in [6.07, 6.45) is 1.60. The zero-order valence-electron chi connectivity index (χ0n) is 9.18. The third kappa shape index (κ3) is 3.14. The highest BCUT2D eigenvalue weighted by atomic mass is 32.2. The predicted octanol–water partition coefficient (Wildman–Crippen LogP) is 3.57. The zero-order valence-corrected chi connectivity index (χ0v) is 10.00. The summed E-state index contributed by atoms with van der Waals surface area (Å²) in [5.41, 5.74) is 0.629. The fourth-order valence-electron chi connectivity index (χ4n) is 1.31. The Labute approximate surface area is 103 Å². The first-order valence-corrected chi connectivity index (χ1v) is 5.87. The quantitative estimate of drug-likeness (QED) is 0.776. The first kappa shape index (κ1) is 11.8. The second-order valence-corrected chi connectivity index (χ2v) is 4.59. The van der Waals surface area contributed by atoms with Crippen LogP contribution in [-0.4, -0.2) is 10.8 Å². The number of Topliss-reactive ketones (excluding diaryl/α,β-unsaturated/α-hetero) is 1. The number of hydrogen-bond acceptors (Lipinski definition) is 3. The van der Waals surface area contributed by atoms with Crippen molar-refractivity contribution in [1.82, 2.24) is 4.98 Å². The first-order chi connectivity index (χ1) is 8.15. The van der Waals surface area contributed by atoms with E-state index in [1.807, 2.05) is 0 Å². The Kier molecular flexibility index (Phi) is 3.54. The largest absolute Gasteiger partial charge is 0.295 e. The smallest absolute Gasteiger partial charge is 0.159 e. The van der Waals surface area contributed by atoms with E-state index in [9.17, 15) is 9.18 Å². The van der Waals surface area contributed by atoms with Gasteiger partial charge in [-0.2, -0.15) is 0 Å². The van der Waals surface area contributed by atoms with Crippen LogP contribution in [0.3, 0.4) is 0 Å². The lowest BCUT2D eigenvalue weighted by molar-refractivity contribution is 0.101. The second-order valence-electron chi connectivity index (χ2n) is 3.49. The van der Waals surface area contributed by atoms with Gasteiger partial charge in [-0.1, -0.05) is 11.8 Å². The van der Waals surface area contributed by atoms with Crippen LogP contribution >= 0.6 is 11.8 Å². The Morgan fingerprint density at radius 1 is 1.24 bits per heavy atom. The van der Waals surface area contributed by atoms with Crippen LogP contribution in [0.5, 0.6) is 0 Å². The molecule has 0 fully saturated rings. The highest BCUT2D eigenvalue weighted by Crippen LogP contribution is 2.26. The van der Waals surface area contributed by atoms with Crippen LogP contribution in [0.1, 0.15) is 17.3 Å². The van der Waals surface area contributed by atoms with Crippen molar-refractivity contribution in [2.45, 2.75) is 16.8 Å². The maximum atomic E-state index is 12.7. The maximum Gasteiger partial charge on any atom is 0.159 e. The van der Waals surface area contributed by atoms with Gasteiger partial charge in [-0.25, -0.2) is 9.37 Å². The van der Waals surface area contributed by atoms with Gasteiger partial charge in [-0.3, -0.25) is 4.79 Å². The van der Waals surface area contributed by atoms with Crippen LogP contribution < -0.4 is 0 Å². The third-order valence-electron chi connectivity index (χ3n) is 2.18. The average Bonchev–Trinajstić information content (AvgIpc) is 2.32. The van der Waals surface area contributed by atoms with Crippen molar-refractivity contribution in [3.63, 3.8) is 0 Å². The topological polar surface area (TPSA) is 30.0 Å². The lowest BCUT2D eigenvalue weighted by Crippen LogP contribution is -1.92. The second kappa shape index (κ2) is 5.10. The first-order valence-electron chi connectivity index (χ1n) is 5.05. The molecular formula is C13H10FNOS. The SMILES string of the molecule is CC(=O)c1ccnc(Sc2ccc(F)cc2)c1. The van der Waals surface area contributed by atoms with Gasteiger partial charge in [0.25, 0.3) is 0 Å². The fraction of sp³-hybridized carbons (Fsp3) is 0.0769. The van der Waals surface area contributed by atoms with Gasteiger partial charge in [-0.15, -0.1) is 0 Å². The molecule has 0 spiro atoms. The van der Waals surface area contributed by atoms with Crippen LogP contribution in [0, 0.1) is 5.82 Å². The average molecular weight is 247 g/mol.